The fourth-order valence-electron chi connectivity index (χ4n) is 5.04. The fraction of sp³-hybridized carbons (Fsp3) is 0.348. The maximum absolute atomic E-state index is 13.1. The second-order valence-corrected chi connectivity index (χ2v) is 10.6. The van der Waals surface area contributed by atoms with Crippen molar-refractivity contribution in [1.29, 1.82) is 0 Å². The molecule has 2 aliphatic rings. The minimum atomic E-state index is -3.43. The Hall–Kier alpha value is -3.00. The minimum Gasteiger partial charge on any atom is -0.335 e. The van der Waals surface area contributed by atoms with Crippen molar-refractivity contribution in [3.05, 3.63) is 71.3 Å². The molecule has 160 valence electrons. The van der Waals surface area contributed by atoms with Gasteiger partial charge in [0.25, 0.3) is 5.56 Å². The van der Waals surface area contributed by atoms with E-state index in [-0.39, 0.29) is 30.1 Å². The van der Waals surface area contributed by atoms with Crippen molar-refractivity contribution in [3.8, 4) is 0 Å². The molecule has 0 radical (unpaired) electrons. The van der Waals surface area contributed by atoms with E-state index >= 15 is 0 Å². The van der Waals surface area contributed by atoms with Gasteiger partial charge in [-0.1, -0.05) is 30.3 Å². The van der Waals surface area contributed by atoms with E-state index in [1.807, 2.05) is 11.0 Å². The van der Waals surface area contributed by atoms with Crippen LogP contribution in [0.4, 0.5) is 0 Å². The molecule has 0 aliphatic carbocycles. The molecule has 2 saturated heterocycles. The average Bonchev–Trinajstić information content (AvgIpc) is 3.05. The highest BCUT2D eigenvalue weighted by Crippen LogP contribution is 2.40. The van der Waals surface area contributed by atoms with E-state index in [4.69, 9.17) is 0 Å². The summed E-state index contributed by atoms with van der Waals surface area (Å²) < 4.78 is 27.5. The molecule has 8 heteroatoms. The van der Waals surface area contributed by atoms with Crippen LogP contribution in [0.5, 0.6) is 0 Å². The number of benzene rings is 2. The van der Waals surface area contributed by atoms with Crippen molar-refractivity contribution in [3.63, 3.8) is 0 Å². The molecule has 2 bridgehead atoms. The Labute approximate surface area is 180 Å². The van der Waals surface area contributed by atoms with Crippen LogP contribution >= 0.6 is 0 Å². The summed E-state index contributed by atoms with van der Waals surface area (Å²) in [5, 5.41) is -0.00468. The monoisotopic (exact) mass is 437 g/mol. The van der Waals surface area contributed by atoms with Gasteiger partial charge in [0.05, 0.1) is 27.4 Å². The summed E-state index contributed by atoms with van der Waals surface area (Å²) in [7, 11) is -3.43. The van der Waals surface area contributed by atoms with Crippen LogP contribution in [-0.4, -0.2) is 46.1 Å². The number of sulfone groups is 1. The summed E-state index contributed by atoms with van der Waals surface area (Å²) in [6, 6.07) is 15.4. The SMILES string of the molecule is O=C(Cn1cnc2ccccc2c1=O)N1[C@@H]2CC[C@H]1CC(S(=O)(=O)c1ccccc1)C2. The first-order valence-electron chi connectivity index (χ1n) is 10.5. The summed E-state index contributed by atoms with van der Waals surface area (Å²) in [5.41, 5.74) is 0.357. The van der Waals surface area contributed by atoms with Gasteiger partial charge in [0.15, 0.2) is 9.84 Å². The first kappa shape index (κ1) is 19.9. The van der Waals surface area contributed by atoms with Gasteiger partial charge in [0, 0.05) is 12.1 Å². The summed E-state index contributed by atoms with van der Waals surface area (Å²) in [4.78, 5) is 32.3. The van der Waals surface area contributed by atoms with Crippen LogP contribution in [0, 0.1) is 0 Å². The van der Waals surface area contributed by atoms with Crippen LogP contribution < -0.4 is 5.56 Å². The molecule has 0 saturated carbocycles. The zero-order valence-electron chi connectivity index (χ0n) is 16.9. The molecule has 1 aromatic heterocycles. The van der Waals surface area contributed by atoms with Crippen molar-refractivity contribution < 1.29 is 13.2 Å². The van der Waals surface area contributed by atoms with Crippen molar-refractivity contribution in [1.82, 2.24) is 14.5 Å². The van der Waals surface area contributed by atoms with Crippen LogP contribution in [-0.2, 0) is 21.2 Å². The summed E-state index contributed by atoms with van der Waals surface area (Å²) >= 11 is 0. The molecule has 0 N–H and O–H groups in total. The normalized spacial score (nSPS) is 23.2. The third-order valence-electron chi connectivity index (χ3n) is 6.53. The van der Waals surface area contributed by atoms with Gasteiger partial charge in [0.2, 0.25) is 5.91 Å². The quantitative estimate of drug-likeness (QED) is 0.625. The number of para-hydroxylation sites is 1. The van der Waals surface area contributed by atoms with E-state index < -0.39 is 15.1 Å². The van der Waals surface area contributed by atoms with Gasteiger partial charge in [-0.15, -0.1) is 0 Å². The van der Waals surface area contributed by atoms with Crippen LogP contribution in [0.2, 0.25) is 0 Å². The molecule has 1 amide bonds. The summed E-state index contributed by atoms with van der Waals surface area (Å²) in [5.74, 6) is -0.151. The van der Waals surface area contributed by atoms with Gasteiger partial charge in [-0.3, -0.25) is 14.2 Å². The molecule has 31 heavy (non-hydrogen) atoms. The van der Waals surface area contributed by atoms with E-state index in [0.717, 1.165) is 12.8 Å². The molecule has 1 unspecified atom stereocenters. The van der Waals surface area contributed by atoms with Gasteiger partial charge >= 0.3 is 0 Å². The van der Waals surface area contributed by atoms with E-state index in [1.165, 1.54) is 10.9 Å². The molecule has 3 atom stereocenters. The van der Waals surface area contributed by atoms with Crippen molar-refractivity contribution >= 4 is 26.6 Å². The van der Waals surface area contributed by atoms with Crippen molar-refractivity contribution in [2.24, 2.45) is 0 Å². The highest BCUT2D eigenvalue weighted by atomic mass is 32.2. The summed E-state index contributed by atoms with van der Waals surface area (Å²) in [6.45, 7) is -0.0836. The lowest BCUT2D eigenvalue weighted by molar-refractivity contribution is -0.136. The Morgan fingerprint density at radius 2 is 1.61 bits per heavy atom. The first-order chi connectivity index (χ1) is 14.9. The van der Waals surface area contributed by atoms with Crippen LogP contribution in [0.1, 0.15) is 25.7 Å². The lowest BCUT2D eigenvalue weighted by atomic mass is 10.0. The number of amides is 1. The van der Waals surface area contributed by atoms with Gasteiger partial charge in [-0.05, 0) is 49.9 Å². The standard InChI is InChI=1S/C23H23N3O4S/c27-22(14-25-15-24-21-9-5-4-8-20(21)23(25)28)26-16-10-11-17(26)13-19(12-16)31(29,30)18-6-2-1-3-7-18/h1-9,15-17,19H,10-14H2/t16-,17+,19?. The molecule has 2 fully saturated rings. The number of fused-ring (bicyclic) bond motifs is 3. The highest BCUT2D eigenvalue weighted by molar-refractivity contribution is 7.92. The largest absolute Gasteiger partial charge is 0.335 e. The average molecular weight is 438 g/mol. The topological polar surface area (TPSA) is 89.3 Å². The number of nitrogens with zero attached hydrogens (tertiary/aromatic N) is 3. The Morgan fingerprint density at radius 1 is 0.968 bits per heavy atom. The summed E-state index contributed by atoms with van der Waals surface area (Å²) in [6.07, 6.45) is 3.87. The molecule has 5 rings (SSSR count). The van der Waals surface area contributed by atoms with Crippen molar-refractivity contribution in [2.75, 3.05) is 0 Å². The second kappa shape index (κ2) is 7.60. The molecule has 2 aromatic carbocycles. The molecule has 7 nitrogen and oxygen atoms in total. The number of carbonyl (C=O) groups excluding carboxylic acids is 1. The Bertz CT molecular complexity index is 1290. The third kappa shape index (κ3) is 3.44. The number of aromatic nitrogens is 2. The van der Waals surface area contributed by atoms with E-state index in [0.29, 0.717) is 28.6 Å². The van der Waals surface area contributed by atoms with E-state index in [1.54, 1.807) is 48.5 Å². The number of piperidine rings is 1. The first-order valence-corrected chi connectivity index (χ1v) is 12.0. The molecule has 3 aromatic rings. The fourth-order valence-corrected chi connectivity index (χ4v) is 6.91. The number of rotatable bonds is 4. The molecule has 2 aliphatic heterocycles. The van der Waals surface area contributed by atoms with Gasteiger partial charge < -0.3 is 4.90 Å². The maximum Gasteiger partial charge on any atom is 0.261 e. The Kier molecular flexibility index (Phi) is 4.89. The third-order valence-corrected chi connectivity index (χ3v) is 8.72. The van der Waals surface area contributed by atoms with Crippen molar-refractivity contribution in [2.45, 2.75) is 54.5 Å². The second-order valence-electron chi connectivity index (χ2n) is 8.33. The number of hydrogen-bond acceptors (Lipinski definition) is 5. The molecule has 3 heterocycles. The van der Waals surface area contributed by atoms with E-state index in [2.05, 4.69) is 4.98 Å². The smallest absolute Gasteiger partial charge is 0.261 e. The predicted molar refractivity (Wildman–Crippen MR) is 116 cm³/mol. The minimum absolute atomic E-state index is 0.0836. The van der Waals surface area contributed by atoms with Crippen LogP contribution in [0.3, 0.4) is 0 Å². The molecular formula is C23H23N3O4S. The molecular weight excluding hydrogens is 414 g/mol. The lowest BCUT2D eigenvalue weighted by Crippen LogP contribution is -2.51. The highest BCUT2D eigenvalue weighted by Gasteiger charge is 2.47. The Morgan fingerprint density at radius 3 is 2.32 bits per heavy atom. The van der Waals surface area contributed by atoms with Gasteiger partial charge in [0.1, 0.15) is 6.54 Å². The zero-order chi connectivity index (χ0) is 21.6. The lowest BCUT2D eigenvalue weighted by Gasteiger charge is -2.38. The Balaban J connectivity index is 1.36. The number of carbonyl (C=O) groups is 1. The van der Waals surface area contributed by atoms with Gasteiger partial charge in [-0.25, -0.2) is 13.4 Å². The predicted octanol–water partition coefficient (Wildman–Crippen LogP) is 2.39. The van der Waals surface area contributed by atoms with E-state index in [9.17, 15) is 18.0 Å². The molecule has 0 spiro atoms. The van der Waals surface area contributed by atoms with Crippen LogP contribution in [0.25, 0.3) is 10.9 Å². The maximum atomic E-state index is 13.1. The van der Waals surface area contributed by atoms with Gasteiger partial charge in [-0.2, -0.15) is 0 Å². The zero-order valence-corrected chi connectivity index (χ0v) is 17.7. The van der Waals surface area contributed by atoms with Crippen LogP contribution in [0.15, 0.2) is 70.6 Å². The number of hydrogen-bond donors (Lipinski definition) is 0.